The number of likely N-dealkylation sites (tertiary alicyclic amines) is 1. The summed E-state index contributed by atoms with van der Waals surface area (Å²) < 4.78 is 0. The lowest BCUT2D eigenvalue weighted by Gasteiger charge is -2.47. The second-order valence-corrected chi connectivity index (χ2v) is 6.00. The molecule has 0 spiro atoms. The molecule has 1 atom stereocenters. The molecule has 0 aromatic rings. The van der Waals surface area contributed by atoms with Gasteiger partial charge in [-0.05, 0) is 32.1 Å². The van der Waals surface area contributed by atoms with Crippen LogP contribution in [0.3, 0.4) is 0 Å². The Kier molecular flexibility index (Phi) is 4.38. The van der Waals surface area contributed by atoms with Crippen molar-refractivity contribution in [2.75, 3.05) is 19.6 Å². The molecule has 0 aliphatic carbocycles. The Morgan fingerprint density at radius 1 is 1.38 bits per heavy atom. The summed E-state index contributed by atoms with van der Waals surface area (Å²) in [5, 5.41) is 10.6. The first kappa shape index (κ1) is 13.9. The lowest BCUT2D eigenvalue weighted by atomic mass is 9.73. The number of nitrogens with two attached hydrogens (primary N) is 1. The van der Waals surface area contributed by atoms with Crippen LogP contribution in [0.4, 0.5) is 0 Å². The largest absolute Gasteiger partial charge is 0.388 e. The SMILES string of the molecule is CCC(C)(N)C1(O)CCN(CC(C)C)CC1. The molecule has 0 saturated carbocycles. The molecular formula is C13H28N2O. The molecule has 1 aliphatic rings. The van der Waals surface area contributed by atoms with Crippen LogP contribution in [0.1, 0.15) is 47.0 Å². The zero-order chi connectivity index (χ0) is 12.4. The molecule has 3 nitrogen and oxygen atoms in total. The van der Waals surface area contributed by atoms with E-state index in [9.17, 15) is 5.11 Å². The zero-order valence-corrected chi connectivity index (χ0v) is 11.3. The maximum Gasteiger partial charge on any atom is 0.0847 e. The highest BCUT2D eigenvalue weighted by Crippen LogP contribution is 2.33. The molecule has 0 aromatic carbocycles. The normalized spacial score (nSPS) is 25.7. The van der Waals surface area contributed by atoms with Crippen molar-refractivity contribution in [3.63, 3.8) is 0 Å². The minimum absolute atomic E-state index is 0.447. The molecule has 1 fully saturated rings. The fourth-order valence-corrected chi connectivity index (χ4v) is 2.52. The van der Waals surface area contributed by atoms with Crippen molar-refractivity contribution in [2.24, 2.45) is 11.7 Å². The lowest BCUT2D eigenvalue weighted by Crippen LogP contribution is -2.62. The molecule has 0 radical (unpaired) electrons. The van der Waals surface area contributed by atoms with Gasteiger partial charge in [0.2, 0.25) is 0 Å². The second-order valence-electron chi connectivity index (χ2n) is 6.00. The first-order chi connectivity index (χ1) is 7.31. The second kappa shape index (κ2) is 5.03. The Hall–Kier alpha value is -0.120. The van der Waals surface area contributed by atoms with Crippen molar-refractivity contribution >= 4 is 0 Å². The lowest BCUT2D eigenvalue weighted by molar-refractivity contribution is -0.0771. The number of rotatable bonds is 4. The first-order valence-corrected chi connectivity index (χ1v) is 6.54. The van der Waals surface area contributed by atoms with Gasteiger partial charge in [0, 0.05) is 25.2 Å². The van der Waals surface area contributed by atoms with Crippen LogP contribution in [0.5, 0.6) is 0 Å². The molecule has 0 amide bonds. The Balaban J connectivity index is 2.53. The van der Waals surface area contributed by atoms with E-state index in [1.165, 1.54) is 0 Å². The van der Waals surface area contributed by atoms with Gasteiger partial charge >= 0.3 is 0 Å². The standard InChI is InChI=1S/C13H28N2O/c1-5-12(4,14)13(16)6-8-15(9-7-13)10-11(2)3/h11,16H,5-10,14H2,1-4H3. The summed E-state index contributed by atoms with van der Waals surface area (Å²) in [7, 11) is 0. The highest BCUT2D eigenvalue weighted by molar-refractivity contribution is 5.02. The van der Waals surface area contributed by atoms with E-state index in [1.807, 2.05) is 6.92 Å². The zero-order valence-electron chi connectivity index (χ0n) is 11.3. The summed E-state index contributed by atoms with van der Waals surface area (Å²) in [6.45, 7) is 11.6. The van der Waals surface area contributed by atoms with E-state index in [0.29, 0.717) is 5.92 Å². The smallest absolute Gasteiger partial charge is 0.0847 e. The van der Waals surface area contributed by atoms with E-state index in [1.54, 1.807) is 0 Å². The van der Waals surface area contributed by atoms with Gasteiger partial charge in [0.05, 0.1) is 5.60 Å². The Morgan fingerprint density at radius 2 is 1.88 bits per heavy atom. The van der Waals surface area contributed by atoms with Crippen LogP contribution in [-0.2, 0) is 0 Å². The summed E-state index contributed by atoms with van der Waals surface area (Å²) in [6.07, 6.45) is 2.44. The summed E-state index contributed by atoms with van der Waals surface area (Å²) >= 11 is 0. The van der Waals surface area contributed by atoms with Crippen LogP contribution in [0.15, 0.2) is 0 Å². The highest BCUT2D eigenvalue weighted by atomic mass is 16.3. The number of aliphatic hydroxyl groups is 1. The molecule has 3 heteroatoms. The fraction of sp³-hybridized carbons (Fsp3) is 1.00. The van der Waals surface area contributed by atoms with E-state index >= 15 is 0 Å². The van der Waals surface area contributed by atoms with Crippen molar-refractivity contribution in [1.29, 1.82) is 0 Å². The number of hydrogen-bond donors (Lipinski definition) is 2. The van der Waals surface area contributed by atoms with Gasteiger partial charge in [-0.2, -0.15) is 0 Å². The van der Waals surface area contributed by atoms with Crippen LogP contribution >= 0.6 is 0 Å². The van der Waals surface area contributed by atoms with Crippen molar-refractivity contribution in [2.45, 2.75) is 58.1 Å². The molecule has 0 aromatic heterocycles. The van der Waals surface area contributed by atoms with Gasteiger partial charge in [0.15, 0.2) is 0 Å². The van der Waals surface area contributed by atoms with Gasteiger partial charge in [0.1, 0.15) is 0 Å². The molecule has 1 rings (SSSR count). The van der Waals surface area contributed by atoms with Gasteiger partial charge in [-0.3, -0.25) is 0 Å². The summed E-state index contributed by atoms with van der Waals surface area (Å²) in [4.78, 5) is 2.44. The predicted molar refractivity (Wildman–Crippen MR) is 68.3 cm³/mol. The first-order valence-electron chi connectivity index (χ1n) is 6.54. The van der Waals surface area contributed by atoms with Crippen LogP contribution in [-0.4, -0.2) is 40.8 Å². The number of piperidine rings is 1. The van der Waals surface area contributed by atoms with E-state index < -0.39 is 11.1 Å². The molecule has 1 aliphatic heterocycles. The van der Waals surface area contributed by atoms with E-state index in [4.69, 9.17) is 5.73 Å². The van der Waals surface area contributed by atoms with Gasteiger partial charge < -0.3 is 15.7 Å². The van der Waals surface area contributed by atoms with E-state index in [0.717, 1.165) is 38.9 Å². The van der Waals surface area contributed by atoms with Crippen LogP contribution in [0, 0.1) is 5.92 Å². The maximum atomic E-state index is 10.6. The fourth-order valence-electron chi connectivity index (χ4n) is 2.52. The average molecular weight is 228 g/mol. The van der Waals surface area contributed by atoms with Gasteiger partial charge in [-0.1, -0.05) is 20.8 Å². The topological polar surface area (TPSA) is 49.5 Å². The number of hydrogen-bond acceptors (Lipinski definition) is 3. The molecule has 1 heterocycles. The van der Waals surface area contributed by atoms with Crippen LogP contribution in [0.25, 0.3) is 0 Å². The molecule has 0 bridgehead atoms. The van der Waals surface area contributed by atoms with Crippen LogP contribution < -0.4 is 5.73 Å². The maximum absolute atomic E-state index is 10.6. The van der Waals surface area contributed by atoms with Gasteiger partial charge in [-0.15, -0.1) is 0 Å². The monoisotopic (exact) mass is 228 g/mol. The Morgan fingerprint density at radius 3 is 2.25 bits per heavy atom. The van der Waals surface area contributed by atoms with E-state index in [2.05, 4.69) is 25.7 Å². The molecule has 3 N–H and O–H groups in total. The molecule has 1 saturated heterocycles. The average Bonchev–Trinajstić information content (AvgIpc) is 2.21. The molecule has 1 unspecified atom stereocenters. The van der Waals surface area contributed by atoms with Gasteiger partial charge in [-0.25, -0.2) is 0 Å². The summed E-state index contributed by atoms with van der Waals surface area (Å²) in [6, 6.07) is 0. The Labute approximate surface area is 100 Å². The van der Waals surface area contributed by atoms with Crippen molar-refractivity contribution in [3.05, 3.63) is 0 Å². The third-order valence-electron chi connectivity index (χ3n) is 4.10. The number of nitrogens with zero attached hydrogens (tertiary/aromatic N) is 1. The molecule has 16 heavy (non-hydrogen) atoms. The van der Waals surface area contributed by atoms with E-state index in [-0.39, 0.29) is 0 Å². The minimum atomic E-state index is -0.671. The van der Waals surface area contributed by atoms with Gasteiger partial charge in [0.25, 0.3) is 0 Å². The Bertz CT molecular complexity index is 218. The van der Waals surface area contributed by atoms with Crippen molar-refractivity contribution < 1.29 is 5.11 Å². The predicted octanol–water partition coefficient (Wildman–Crippen LogP) is 1.60. The van der Waals surface area contributed by atoms with Crippen molar-refractivity contribution in [3.8, 4) is 0 Å². The minimum Gasteiger partial charge on any atom is -0.388 e. The summed E-state index contributed by atoms with van der Waals surface area (Å²) in [5.74, 6) is 0.696. The third kappa shape index (κ3) is 2.96. The highest BCUT2D eigenvalue weighted by Gasteiger charge is 2.44. The van der Waals surface area contributed by atoms with Crippen molar-refractivity contribution in [1.82, 2.24) is 4.90 Å². The molecule has 96 valence electrons. The summed E-state index contributed by atoms with van der Waals surface area (Å²) in [5.41, 5.74) is 5.08. The molecular weight excluding hydrogens is 200 g/mol. The third-order valence-corrected chi connectivity index (χ3v) is 4.10. The quantitative estimate of drug-likeness (QED) is 0.768. The van der Waals surface area contributed by atoms with Crippen LogP contribution in [0.2, 0.25) is 0 Å².